The summed E-state index contributed by atoms with van der Waals surface area (Å²) in [4.78, 5) is 15.0. The Labute approximate surface area is 122 Å². The molecule has 0 aromatic carbocycles. The van der Waals surface area contributed by atoms with E-state index in [-0.39, 0.29) is 5.91 Å². The summed E-state index contributed by atoms with van der Waals surface area (Å²) >= 11 is 4.83. The largest absolute Gasteiger partial charge is 0.350 e. The molecule has 0 unspecified atom stereocenters. The number of carbonyl (C=O) groups excluding carboxylic acids is 1. The van der Waals surface area contributed by atoms with Crippen LogP contribution >= 0.6 is 27.3 Å². The van der Waals surface area contributed by atoms with Crippen LogP contribution in [0.1, 0.15) is 37.4 Å². The second kappa shape index (κ2) is 7.26. The number of halogens is 1. The van der Waals surface area contributed by atoms with E-state index in [4.69, 9.17) is 0 Å². The molecule has 3 nitrogen and oxygen atoms in total. The van der Waals surface area contributed by atoms with E-state index in [0.29, 0.717) is 18.6 Å². The van der Waals surface area contributed by atoms with Crippen LogP contribution in [0, 0.1) is 0 Å². The molecule has 0 fully saturated rings. The van der Waals surface area contributed by atoms with Gasteiger partial charge < -0.3 is 5.32 Å². The molecule has 1 aromatic rings. The van der Waals surface area contributed by atoms with Crippen molar-refractivity contribution in [3.05, 3.63) is 20.8 Å². The molecule has 0 saturated carbocycles. The quantitative estimate of drug-likeness (QED) is 0.866. The van der Waals surface area contributed by atoms with Crippen molar-refractivity contribution >= 4 is 33.2 Å². The third kappa shape index (κ3) is 4.37. The topological polar surface area (TPSA) is 32.3 Å². The second-order valence-electron chi connectivity index (χ2n) is 4.78. The van der Waals surface area contributed by atoms with Gasteiger partial charge in [0.2, 0.25) is 0 Å². The van der Waals surface area contributed by atoms with Crippen LogP contribution in [0.25, 0.3) is 0 Å². The third-order valence-corrected chi connectivity index (χ3v) is 4.64. The maximum Gasteiger partial charge on any atom is 0.262 e. The highest BCUT2D eigenvalue weighted by atomic mass is 79.9. The van der Waals surface area contributed by atoms with Crippen LogP contribution in [0.5, 0.6) is 0 Å². The van der Waals surface area contributed by atoms with Gasteiger partial charge in [-0.15, -0.1) is 11.3 Å². The van der Waals surface area contributed by atoms with E-state index in [1.54, 1.807) is 0 Å². The number of thiophene rings is 1. The van der Waals surface area contributed by atoms with Gasteiger partial charge in [-0.3, -0.25) is 9.69 Å². The van der Waals surface area contributed by atoms with E-state index >= 15 is 0 Å². The van der Waals surface area contributed by atoms with Crippen molar-refractivity contribution in [1.29, 1.82) is 0 Å². The summed E-state index contributed by atoms with van der Waals surface area (Å²) in [7, 11) is 0. The lowest BCUT2D eigenvalue weighted by atomic mass is 10.2. The molecule has 0 atom stereocenters. The Kier molecular flexibility index (Phi) is 6.32. The fraction of sp³-hybridized carbons (Fsp3) is 0.615. The first-order valence-electron chi connectivity index (χ1n) is 6.20. The zero-order valence-corrected chi connectivity index (χ0v) is 13.8. The van der Waals surface area contributed by atoms with Gasteiger partial charge in [0.05, 0.1) is 0 Å². The van der Waals surface area contributed by atoms with Gasteiger partial charge in [0.15, 0.2) is 0 Å². The molecule has 1 heterocycles. The summed E-state index contributed by atoms with van der Waals surface area (Å²) in [5, 5.41) is 4.88. The maximum atomic E-state index is 11.9. The Morgan fingerprint density at radius 3 is 2.44 bits per heavy atom. The summed E-state index contributed by atoms with van der Waals surface area (Å²) in [6, 6.07) is 2.89. The Morgan fingerprint density at radius 2 is 2.00 bits per heavy atom. The molecule has 18 heavy (non-hydrogen) atoms. The molecular weight excluding hydrogens is 312 g/mol. The summed E-state index contributed by atoms with van der Waals surface area (Å²) in [5.74, 6) is 0.00402. The van der Waals surface area contributed by atoms with E-state index in [9.17, 15) is 4.79 Å². The zero-order chi connectivity index (χ0) is 13.7. The lowest BCUT2D eigenvalue weighted by Gasteiger charge is -2.30. The van der Waals surface area contributed by atoms with E-state index in [1.807, 2.05) is 11.4 Å². The Morgan fingerprint density at radius 1 is 1.39 bits per heavy atom. The second-order valence-corrected chi connectivity index (χ2v) is 6.55. The van der Waals surface area contributed by atoms with E-state index in [0.717, 1.165) is 15.9 Å². The highest BCUT2D eigenvalue weighted by Crippen LogP contribution is 2.22. The highest BCUT2D eigenvalue weighted by molar-refractivity contribution is 9.10. The summed E-state index contributed by atoms with van der Waals surface area (Å²) in [5.41, 5.74) is 0. The van der Waals surface area contributed by atoms with Crippen molar-refractivity contribution in [3.8, 4) is 0 Å². The molecular formula is C13H21BrN2OS. The van der Waals surface area contributed by atoms with Gasteiger partial charge >= 0.3 is 0 Å². The number of nitrogens with one attached hydrogen (secondary N) is 1. The van der Waals surface area contributed by atoms with Gasteiger partial charge in [-0.2, -0.15) is 0 Å². The van der Waals surface area contributed by atoms with Crippen LogP contribution in [0.15, 0.2) is 15.9 Å². The Balaban J connectivity index is 2.42. The number of rotatable bonds is 6. The number of amides is 1. The minimum Gasteiger partial charge on any atom is -0.350 e. The molecule has 0 bridgehead atoms. The minimum atomic E-state index is 0.00402. The van der Waals surface area contributed by atoms with Crippen LogP contribution in [-0.2, 0) is 0 Å². The van der Waals surface area contributed by atoms with Crippen molar-refractivity contribution in [2.75, 3.05) is 13.1 Å². The first-order chi connectivity index (χ1) is 8.43. The van der Waals surface area contributed by atoms with E-state index < -0.39 is 0 Å². The van der Waals surface area contributed by atoms with Crippen LogP contribution in [0.4, 0.5) is 0 Å². The zero-order valence-electron chi connectivity index (χ0n) is 11.4. The number of hydrogen-bond donors (Lipinski definition) is 1. The van der Waals surface area contributed by atoms with Crippen molar-refractivity contribution in [2.45, 2.75) is 39.8 Å². The molecule has 5 heteroatoms. The van der Waals surface area contributed by atoms with Gasteiger partial charge in [0.1, 0.15) is 4.88 Å². The van der Waals surface area contributed by atoms with Crippen molar-refractivity contribution < 1.29 is 4.79 Å². The summed E-state index contributed by atoms with van der Waals surface area (Å²) in [6.07, 6.45) is 0. The summed E-state index contributed by atoms with van der Waals surface area (Å²) < 4.78 is 0.870. The molecule has 102 valence electrons. The first-order valence-corrected chi connectivity index (χ1v) is 7.87. The average Bonchev–Trinajstić information content (AvgIpc) is 2.69. The first kappa shape index (κ1) is 15.7. The van der Waals surface area contributed by atoms with Gasteiger partial charge in [0.25, 0.3) is 5.91 Å². The minimum absolute atomic E-state index is 0.00402. The maximum absolute atomic E-state index is 11.9. The predicted octanol–water partition coefficient (Wildman–Crippen LogP) is 3.36. The van der Waals surface area contributed by atoms with Crippen LogP contribution in [-0.4, -0.2) is 36.0 Å². The molecule has 1 amide bonds. The summed E-state index contributed by atoms with van der Waals surface area (Å²) in [6.45, 7) is 10.3. The standard InChI is InChI=1S/C13H21BrN2OS/c1-9(2)16(10(3)4)7-6-15-13(17)12-11(14)5-8-18-12/h5,8-10H,6-7H2,1-4H3,(H,15,17). The van der Waals surface area contributed by atoms with Crippen LogP contribution < -0.4 is 5.32 Å². The van der Waals surface area contributed by atoms with Crippen molar-refractivity contribution in [2.24, 2.45) is 0 Å². The fourth-order valence-corrected chi connectivity index (χ4v) is 3.41. The molecule has 0 aliphatic carbocycles. The van der Waals surface area contributed by atoms with E-state index in [1.165, 1.54) is 11.3 Å². The predicted molar refractivity (Wildman–Crippen MR) is 81.3 cm³/mol. The molecule has 0 saturated heterocycles. The van der Waals surface area contributed by atoms with Gasteiger partial charge in [-0.05, 0) is 55.1 Å². The van der Waals surface area contributed by atoms with Crippen molar-refractivity contribution in [3.63, 3.8) is 0 Å². The highest BCUT2D eigenvalue weighted by Gasteiger charge is 2.14. The number of nitrogens with zero attached hydrogens (tertiary/aromatic N) is 1. The average molecular weight is 333 g/mol. The van der Waals surface area contributed by atoms with Gasteiger partial charge in [-0.25, -0.2) is 0 Å². The third-order valence-electron chi connectivity index (χ3n) is 2.81. The van der Waals surface area contributed by atoms with Crippen molar-refractivity contribution in [1.82, 2.24) is 10.2 Å². The van der Waals surface area contributed by atoms with Gasteiger partial charge in [-0.1, -0.05) is 0 Å². The molecule has 0 radical (unpaired) electrons. The molecule has 0 spiro atoms. The molecule has 0 aliphatic heterocycles. The lowest BCUT2D eigenvalue weighted by Crippen LogP contribution is -2.42. The molecule has 1 N–H and O–H groups in total. The SMILES string of the molecule is CC(C)N(CCNC(=O)c1sccc1Br)C(C)C. The number of carbonyl (C=O) groups is 1. The molecule has 0 aliphatic rings. The van der Waals surface area contributed by atoms with Crippen LogP contribution in [0.2, 0.25) is 0 Å². The molecule has 1 aromatic heterocycles. The normalized spacial score (nSPS) is 11.6. The molecule has 1 rings (SSSR count). The Bertz CT molecular complexity index is 382. The smallest absolute Gasteiger partial charge is 0.262 e. The van der Waals surface area contributed by atoms with Crippen LogP contribution in [0.3, 0.4) is 0 Å². The van der Waals surface area contributed by atoms with E-state index in [2.05, 4.69) is 53.8 Å². The number of hydrogen-bond acceptors (Lipinski definition) is 3. The van der Waals surface area contributed by atoms with Gasteiger partial charge in [0, 0.05) is 29.6 Å². The fourth-order valence-electron chi connectivity index (χ4n) is 1.95. The Hall–Kier alpha value is -0.390. The lowest BCUT2D eigenvalue weighted by molar-refractivity contribution is 0.0943. The monoisotopic (exact) mass is 332 g/mol.